The molecule has 1 aliphatic rings. The normalized spacial score (nSPS) is 17.8. The molecule has 1 aromatic heterocycles. The van der Waals surface area contributed by atoms with Crippen LogP contribution in [0.25, 0.3) is 0 Å². The summed E-state index contributed by atoms with van der Waals surface area (Å²) in [4.78, 5) is 4.15. The van der Waals surface area contributed by atoms with Crippen molar-refractivity contribution in [1.82, 2.24) is 15.2 Å². The van der Waals surface area contributed by atoms with Crippen molar-refractivity contribution in [2.75, 3.05) is 6.61 Å². The monoisotopic (exact) mass is 263 g/mol. The van der Waals surface area contributed by atoms with Crippen molar-refractivity contribution < 1.29 is 9.47 Å². The summed E-state index contributed by atoms with van der Waals surface area (Å²) in [5.74, 6) is 2.18. The van der Waals surface area contributed by atoms with Gasteiger partial charge in [-0.25, -0.2) is 4.98 Å². The second-order valence-electron chi connectivity index (χ2n) is 4.35. The number of aromatic amines is 2. The van der Waals surface area contributed by atoms with Crippen LogP contribution in [0.3, 0.4) is 0 Å². The molecule has 0 radical (unpaired) electrons. The molecular weight excluding hydrogens is 250 g/mol. The van der Waals surface area contributed by atoms with Gasteiger partial charge < -0.3 is 9.47 Å². The molecule has 94 valence electrons. The molecule has 3 rings (SSSR count). The molecule has 0 amide bonds. The average molecular weight is 263 g/mol. The molecule has 0 saturated heterocycles. The van der Waals surface area contributed by atoms with E-state index in [-0.39, 0.29) is 6.10 Å². The number of nitrogens with zero attached hydrogens (tertiary/aromatic N) is 1. The first-order valence-electron chi connectivity index (χ1n) is 5.69. The van der Waals surface area contributed by atoms with Gasteiger partial charge in [-0.05, 0) is 49.3 Å². The van der Waals surface area contributed by atoms with Crippen LogP contribution in [-0.2, 0) is 0 Å². The molecule has 0 bridgehead atoms. The quantitative estimate of drug-likeness (QED) is 0.776. The molecule has 2 N–H and O–H groups in total. The largest absolute Gasteiger partial charge is 0.485 e. The van der Waals surface area contributed by atoms with E-state index in [1.54, 1.807) is 0 Å². The first-order valence-corrected chi connectivity index (χ1v) is 6.09. The highest BCUT2D eigenvalue weighted by Crippen LogP contribution is 2.37. The lowest BCUT2D eigenvalue weighted by molar-refractivity contribution is 0.0851. The standard InChI is InChI=1S/C12H13N3O2S/c1-6-3-8-9(4-7(6)2)17-10(5-16-8)11-13-12(18)15-14-11/h3-4,10H,5H2,1-2H3,(H2,13,14,15,18). The van der Waals surface area contributed by atoms with Gasteiger partial charge in [0.1, 0.15) is 6.61 Å². The number of fused-ring (bicyclic) bond motifs is 1. The first-order chi connectivity index (χ1) is 8.63. The lowest BCUT2D eigenvalue weighted by Gasteiger charge is -2.25. The summed E-state index contributed by atoms with van der Waals surface area (Å²) in [7, 11) is 0. The van der Waals surface area contributed by atoms with Crippen LogP contribution in [0.4, 0.5) is 0 Å². The molecule has 2 aromatic rings. The number of nitrogens with one attached hydrogen (secondary N) is 2. The Kier molecular flexibility index (Phi) is 2.59. The summed E-state index contributed by atoms with van der Waals surface area (Å²) in [5.41, 5.74) is 2.36. The highest BCUT2D eigenvalue weighted by atomic mass is 32.1. The third-order valence-corrected chi connectivity index (χ3v) is 3.24. The topological polar surface area (TPSA) is 62.9 Å². The molecule has 1 atom stereocenters. The minimum Gasteiger partial charge on any atom is -0.485 e. The highest BCUT2D eigenvalue weighted by molar-refractivity contribution is 7.71. The van der Waals surface area contributed by atoms with Crippen LogP contribution in [-0.4, -0.2) is 21.8 Å². The molecule has 0 fully saturated rings. The number of aryl methyl sites for hydroxylation is 2. The second-order valence-corrected chi connectivity index (χ2v) is 4.74. The fourth-order valence-corrected chi connectivity index (χ4v) is 2.04. The molecule has 1 aliphatic heterocycles. The van der Waals surface area contributed by atoms with Crippen molar-refractivity contribution in [2.24, 2.45) is 0 Å². The Morgan fingerprint density at radius 2 is 1.94 bits per heavy atom. The van der Waals surface area contributed by atoms with Gasteiger partial charge in [-0.2, -0.15) is 0 Å². The number of H-pyrrole nitrogens is 2. The minimum absolute atomic E-state index is 0.257. The van der Waals surface area contributed by atoms with E-state index in [0.29, 0.717) is 17.2 Å². The number of benzene rings is 1. The van der Waals surface area contributed by atoms with E-state index in [1.165, 1.54) is 11.1 Å². The fourth-order valence-electron chi connectivity index (χ4n) is 1.89. The summed E-state index contributed by atoms with van der Waals surface area (Å²) in [5, 5.41) is 5.64. The van der Waals surface area contributed by atoms with Gasteiger partial charge in [-0.15, -0.1) is 0 Å². The Labute approximate surface area is 109 Å². The minimum atomic E-state index is -0.257. The van der Waals surface area contributed by atoms with Crippen molar-refractivity contribution >= 4 is 12.2 Å². The SMILES string of the molecule is Cc1cc2c(cc1C)OC(c1nc(=S)[nH][nH]1)CO2. The summed E-state index contributed by atoms with van der Waals surface area (Å²) in [6, 6.07) is 3.98. The molecule has 1 aromatic carbocycles. The second kappa shape index (κ2) is 4.13. The van der Waals surface area contributed by atoms with Crippen molar-refractivity contribution in [3.63, 3.8) is 0 Å². The highest BCUT2D eigenvalue weighted by Gasteiger charge is 2.25. The maximum Gasteiger partial charge on any atom is 0.213 e. The van der Waals surface area contributed by atoms with E-state index in [0.717, 1.165) is 11.5 Å². The van der Waals surface area contributed by atoms with Gasteiger partial charge in [0.15, 0.2) is 23.4 Å². The van der Waals surface area contributed by atoms with Gasteiger partial charge in [-0.3, -0.25) is 10.2 Å². The van der Waals surface area contributed by atoms with Crippen LogP contribution < -0.4 is 9.47 Å². The number of hydrogen-bond acceptors (Lipinski definition) is 4. The van der Waals surface area contributed by atoms with Crippen LogP contribution in [0.15, 0.2) is 12.1 Å². The molecule has 1 unspecified atom stereocenters. The van der Waals surface area contributed by atoms with Crippen molar-refractivity contribution in [3.8, 4) is 11.5 Å². The predicted molar refractivity (Wildman–Crippen MR) is 68.6 cm³/mol. The Bertz CT molecular complexity index is 647. The van der Waals surface area contributed by atoms with E-state index >= 15 is 0 Å². The predicted octanol–water partition coefficient (Wildman–Crippen LogP) is 2.60. The Hall–Kier alpha value is -1.82. The summed E-state index contributed by atoms with van der Waals surface area (Å²) in [6.45, 7) is 4.52. The third kappa shape index (κ3) is 1.88. The molecule has 5 nitrogen and oxygen atoms in total. The Morgan fingerprint density at radius 1 is 1.22 bits per heavy atom. The zero-order chi connectivity index (χ0) is 12.7. The van der Waals surface area contributed by atoms with Crippen LogP contribution in [0.5, 0.6) is 11.5 Å². The number of aromatic nitrogens is 3. The third-order valence-electron chi connectivity index (χ3n) is 3.04. The van der Waals surface area contributed by atoms with E-state index in [4.69, 9.17) is 21.7 Å². The maximum atomic E-state index is 5.88. The van der Waals surface area contributed by atoms with Gasteiger partial charge in [0.2, 0.25) is 4.77 Å². The lowest BCUT2D eigenvalue weighted by atomic mass is 10.1. The number of rotatable bonds is 1. The molecule has 0 saturated carbocycles. The lowest BCUT2D eigenvalue weighted by Crippen LogP contribution is -2.22. The van der Waals surface area contributed by atoms with Gasteiger partial charge in [0.05, 0.1) is 0 Å². The number of hydrogen-bond donors (Lipinski definition) is 2. The zero-order valence-electron chi connectivity index (χ0n) is 10.1. The Balaban J connectivity index is 1.93. The summed E-state index contributed by atoms with van der Waals surface area (Å²) in [6.07, 6.45) is -0.257. The van der Waals surface area contributed by atoms with E-state index in [1.807, 2.05) is 19.1 Å². The molecule has 0 aliphatic carbocycles. The van der Waals surface area contributed by atoms with Gasteiger partial charge in [0.25, 0.3) is 0 Å². The molecule has 2 heterocycles. The first kappa shape index (κ1) is 11.3. The molecular formula is C12H13N3O2S. The zero-order valence-corrected chi connectivity index (χ0v) is 10.9. The van der Waals surface area contributed by atoms with Crippen molar-refractivity contribution in [2.45, 2.75) is 20.0 Å². The number of ether oxygens (including phenoxy) is 2. The van der Waals surface area contributed by atoms with Crippen LogP contribution >= 0.6 is 12.2 Å². The van der Waals surface area contributed by atoms with Crippen LogP contribution in [0.1, 0.15) is 23.1 Å². The van der Waals surface area contributed by atoms with Crippen molar-refractivity contribution in [1.29, 1.82) is 0 Å². The van der Waals surface area contributed by atoms with Gasteiger partial charge in [-0.1, -0.05) is 0 Å². The Morgan fingerprint density at radius 3 is 2.61 bits per heavy atom. The van der Waals surface area contributed by atoms with Gasteiger partial charge >= 0.3 is 0 Å². The smallest absolute Gasteiger partial charge is 0.213 e. The average Bonchev–Trinajstić information content (AvgIpc) is 2.77. The van der Waals surface area contributed by atoms with Crippen LogP contribution in [0.2, 0.25) is 0 Å². The van der Waals surface area contributed by atoms with Crippen LogP contribution in [0, 0.1) is 18.6 Å². The van der Waals surface area contributed by atoms with Crippen molar-refractivity contribution in [3.05, 3.63) is 33.9 Å². The van der Waals surface area contributed by atoms with E-state index in [2.05, 4.69) is 22.1 Å². The summed E-state index contributed by atoms with van der Waals surface area (Å²) >= 11 is 4.92. The fraction of sp³-hybridized carbons (Fsp3) is 0.333. The molecule has 6 heteroatoms. The summed E-state index contributed by atoms with van der Waals surface area (Å²) < 4.78 is 12.0. The van der Waals surface area contributed by atoms with E-state index in [9.17, 15) is 0 Å². The maximum absolute atomic E-state index is 5.88. The van der Waals surface area contributed by atoms with E-state index < -0.39 is 0 Å². The molecule has 0 spiro atoms. The van der Waals surface area contributed by atoms with Gasteiger partial charge in [0, 0.05) is 0 Å². The molecule has 18 heavy (non-hydrogen) atoms.